The smallest absolute Gasteiger partial charge is 0.332 e. The molecule has 3 aromatic heterocycles. The second-order valence-corrected chi connectivity index (χ2v) is 7.13. The van der Waals surface area contributed by atoms with Crippen LogP contribution in [0.1, 0.15) is 5.76 Å². The highest BCUT2D eigenvalue weighted by Crippen LogP contribution is 2.18. The predicted molar refractivity (Wildman–Crippen MR) is 114 cm³/mol. The number of aliphatic hydroxyl groups excluding tert-OH is 1. The summed E-state index contributed by atoms with van der Waals surface area (Å²) in [7, 11) is 2.96. The fourth-order valence-corrected chi connectivity index (χ4v) is 3.31. The zero-order valence-electron chi connectivity index (χ0n) is 17.2. The van der Waals surface area contributed by atoms with Crippen LogP contribution >= 0.6 is 0 Å². The van der Waals surface area contributed by atoms with E-state index in [9.17, 15) is 14.7 Å². The van der Waals surface area contributed by atoms with Gasteiger partial charge in [0.25, 0.3) is 5.56 Å². The molecule has 10 nitrogen and oxygen atoms in total. The van der Waals surface area contributed by atoms with Crippen molar-refractivity contribution in [1.82, 2.24) is 18.7 Å². The van der Waals surface area contributed by atoms with Gasteiger partial charge in [0.1, 0.15) is 24.2 Å². The Hall–Kier alpha value is -3.79. The Morgan fingerprint density at radius 2 is 1.90 bits per heavy atom. The molecule has 0 aliphatic rings. The molecule has 1 aromatic carbocycles. The highest BCUT2D eigenvalue weighted by Gasteiger charge is 2.21. The number of aromatic nitrogens is 4. The Morgan fingerprint density at radius 1 is 1.13 bits per heavy atom. The molecule has 4 rings (SSSR count). The molecule has 0 saturated carbocycles. The van der Waals surface area contributed by atoms with Crippen molar-refractivity contribution in [2.45, 2.75) is 19.2 Å². The van der Waals surface area contributed by atoms with Crippen LogP contribution in [-0.2, 0) is 27.2 Å². The van der Waals surface area contributed by atoms with Crippen molar-refractivity contribution in [3.63, 3.8) is 0 Å². The molecule has 0 bridgehead atoms. The van der Waals surface area contributed by atoms with Crippen LogP contribution in [0.5, 0.6) is 5.75 Å². The lowest BCUT2D eigenvalue weighted by molar-refractivity contribution is 0.0938. The van der Waals surface area contributed by atoms with Crippen molar-refractivity contribution in [2.75, 3.05) is 11.9 Å². The number of nitrogens with zero attached hydrogens (tertiary/aromatic N) is 4. The number of anilines is 1. The quantitative estimate of drug-likeness (QED) is 0.434. The van der Waals surface area contributed by atoms with Crippen LogP contribution in [0.25, 0.3) is 11.2 Å². The van der Waals surface area contributed by atoms with E-state index in [-0.39, 0.29) is 24.3 Å². The molecule has 162 valence electrons. The van der Waals surface area contributed by atoms with E-state index in [1.807, 2.05) is 18.2 Å². The third-order valence-electron chi connectivity index (χ3n) is 4.93. The number of nitrogens with one attached hydrogen (secondary N) is 1. The Bertz CT molecular complexity index is 1290. The van der Waals surface area contributed by atoms with Gasteiger partial charge in [-0.1, -0.05) is 18.2 Å². The summed E-state index contributed by atoms with van der Waals surface area (Å²) in [5.74, 6) is 1.64. The average molecular weight is 425 g/mol. The number of imidazole rings is 1. The Balaban J connectivity index is 1.67. The number of hydrogen-bond acceptors (Lipinski definition) is 7. The van der Waals surface area contributed by atoms with Gasteiger partial charge in [-0.2, -0.15) is 4.98 Å². The average Bonchev–Trinajstić information content (AvgIpc) is 3.42. The first-order chi connectivity index (χ1) is 15.0. The van der Waals surface area contributed by atoms with Crippen LogP contribution in [0.3, 0.4) is 0 Å². The molecule has 0 aliphatic heterocycles. The number of aryl methyl sites for hydroxylation is 1. The molecule has 0 radical (unpaired) electrons. The second-order valence-electron chi connectivity index (χ2n) is 7.13. The van der Waals surface area contributed by atoms with E-state index >= 15 is 0 Å². The van der Waals surface area contributed by atoms with Gasteiger partial charge in [0.2, 0.25) is 5.95 Å². The molecule has 0 unspecified atom stereocenters. The normalized spacial score (nSPS) is 12.2. The first-order valence-electron chi connectivity index (χ1n) is 9.74. The largest absolute Gasteiger partial charge is 0.491 e. The first-order valence-corrected chi connectivity index (χ1v) is 9.74. The molecule has 10 heteroatoms. The Morgan fingerprint density at radius 3 is 2.61 bits per heavy atom. The molecule has 31 heavy (non-hydrogen) atoms. The molecule has 0 amide bonds. The van der Waals surface area contributed by atoms with E-state index in [1.165, 1.54) is 11.6 Å². The Kier molecular flexibility index (Phi) is 5.63. The number of fused-ring (bicyclic) bond motifs is 1. The van der Waals surface area contributed by atoms with Crippen LogP contribution in [0.15, 0.2) is 62.7 Å². The highest BCUT2D eigenvalue weighted by molar-refractivity contribution is 5.74. The van der Waals surface area contributed by atoms with Crippen molar-refractivity contribution < 1.29 is 14.3 Å². The minimum Gasteiger partial charge on any atom is -0.491 e. The minimum atomic E-state index is -0.927. The van der Waals surface area contributed by atoms with Gasteiger partial charge in [0.15, 0.2) is 11.2 Å². The fourth-order valence-electron chi connectivity index (χ4n) is 3.31. The van der Waals surface area contributed by atoms with Gasteiger partial charge in [0, 0.05) is 14.1 Å². The van der Waals surface area contributed by atoms with Gasteiger partial charge >= 0.3 is 5.69 Å². The minimum absolute atomic E-state index is 0.0212. The summed E-state index contributed by atoms with van der Waals surface area (Å²) in [5, 5.41) is 13.7. The van der Waals surface area contributed by atoms with Gasteiger partial charge < -0.3 is 24.1 Å². The van der Waals surface area contributed by atoms with Crippen molar-refractivity contribution in [3.8, 4) is 5.75 Å². The third kappa shape index (κ3) is 4.10. The van der Waals surface area contributed by atoms with E-state index in [0.717, 1.165) is 4.57 Å². The van der Waals surface area contributed by atoms with E-state index < -0.39 is 17.4 Å². The van der Waals surface area contributed by atoms with Crippen LogP contribution < -0.4 is 21.3 Å². The maximum absolute atomic E-state index is 12.9. The zero-order chi connectivity index (χ0) is 22.0. The van der Waals surface area contributed by atoms with E-state index in [4.69, 9.17) is 9.15 Å². The zero-order valence-corrected chi connectivity index (χ0v) is 17.2. The number of rotatable bonds is 8. The number of benzene rings is 1. The summed E-state index contributed by atoms with van der Waals surface area (Å²) in [6, 6.07) is 12.7. The lowest BCUT2D eigenvalue weighted by Crippen LogP contribution is -2.38. The summed E-state index contributed by atoms with van der Waals surface area (Å²) in [5.41, 5.74) is -0.531. The molecule has 0 spiro atoms. The molecule has 3 heterocycles. The van der Waals surface area contributed by atoms with Gasteiger partial charge in [-0.15, -0.1) is 0 Å². The van der Waals surface area contributed by atoms with E-state index in [1.54, 1.807) is 42.1 Å². The van der Waals surface area contributed by atoms with Gasteiger partial charge in [-0.05, 0) is 24.3 Å². The summed E-state index contributed by atoms with van der Waals surface area (Å²) in [4.78, 5) is 29.6. The molecule has 1 atom stereocenters. The maximum Gasteiger partial charge on any atom is 0.332 e. The summed E-state index contributed by atoms with van der Waals surface area (Å²) in [6.07, 6.45) is 0.633. The number of aliphatic hydroxyl groups is 1. The summed E-state index contributed by atoms with van der Waals surface area (Å²) in [6.45, 7) is 0.381. The second kappa shape index (κ2) is 8.52. The van der Waals surface area contributed by atoms with Crippen molar-refractivity contribution in [2.24, 2.45) is 14.1 Å². The lowest BCUT2D eigenvalue weighted by atomic mass is 10.3. The number of hydrogen-bond donors (Lipinski definition) is 2. The van der Waals surface area contributed by atoms with E-state index in [0.29, 0.717) is 24.0 Å². The highest BCUT2D eigenvalue weighted by atomic mass is 16.5. The van der Waals surface area contributed by atoms with Crippen LogP contribution in [-0.4, -0.2) is 36.5 Å². The predicted octanol–water partition coefficient (Wildman–Crippen LogP) is 1.08. The van der Waals surface area contributed by atoms with Crippen LogP contribution in [0, 0.1) is 0 Å². The molecule has 4 aromatic rings. The van der Waals surface area contributed by atoms with Crippen molar-refractivity contribution in [1.29, 1.82) is 0 Å². The van der Waals surface area contributed by atoms with Gasteiger partial charge in [0.05, 0.1) is 19.4 Å². The molecule has 2 N–H and O–H groups in total. The first kappa shape index (κ1) is 20.5. The SMILES string of the molecule is Cn1c(=O)c2c(nc(NCc3ccco3)n2C[C@H](O)COc2ccccc2)n(C)c1=O. The van der Waals surface area contributed by atoms with Gasteiger partial charge in [-0.25, -0.2) is 4.79 Å². The fraction of sp³-hybridized carbons (Fsp3) is 0.286. The topological polar surface area (TPSA) is 116 Å². The summed E-state index contributed by atoms with van der Waals surface area (Å²) >= 11 is 0. The van der Waals surface area contributed by atoms with Gasteiger partial charge in [-0.3, -0.25) is 13.9 Å². The third-order valence-corrected chi connectivity index (χ3v) is 4.93. The molecule has 0 fully saturated rings. The number of para-hydroxylation sites is 1. The van der Waals surface area contributed by atoms with Crippen molar-refractivity contribution in [3.05, 3.63) is 75.3 Å². The van der Waals surface area contributed by atoms with E-state index in [2.05, 4.69) is 10.3 Å². The van der Waals surface area contributed by atoms with Crippen LogP contribution in [0.4, 0.5) is 5.95 Å². The number of ether oxygens (including phenoxy) is 1. The molecular formula is C21H23N5O5. The van der Waals surface area contributed by atoms with Crippen molar-refractivity contribution >= 4 is 17.1 Å². The monoisotopic (exact) mass is 425 g/mol. The molecule has 0 aliphatic carbocycles. The standard InChI is InChI=1S/C21H23N5O5/c1-24-18-17(19(28)25(2)21(24)29)26(20(23-18)22-11-16-9-6-10-30-16)12-14(27)13-31-15-7-4-3-5-8-15/h3-10,14,27H,11-13H2,1-2H3,(H,22,23)/t14-/m0/s1. The Labute approximate surface area is 176 Å². The number of furan rings is 1. The maximum atomic E-state index is 12.9. The van der Waals surface area contributed by atoms with Crippen LogP contribution in [0.2, 0.25) is 0 Å². The molecule has 0 saturated heterocycles. The summed E-state index contributed by atoms with van der Waals surface area (Å²) < 4.78 is 14.8. The lowest BCUT2D eigenvalue weighted by Gasteiger charge is -2.16. The molecular weight excluding hydrogens is 402 g/mol.